The van der Waals surface area contributed by atoms with Gasteiger partial charge < -0.3 is 4.74 Å². The number of aromatic nitrogens is 2. The van der Waals surface area contributed by atoms with Crippen LogP contribution in [0.5, 0.6) is 5.88 Å². The molecule has 0 unspecified atom stereocenters. The van der Waals surface area contributed by atoms with Gasteiger partial charge in [-0.3, -0.25) is 4.98 Å². The van der Waals surface area contributed by atoms with E-state index in [4.69, 9.17) is 4.74 Å². The summed E-state index contributed by atoms with van der Waals surface area (Å²) in [5.74, 6) is 0.593. The van der Waals surface area contributed by atoms with E-state index in [1.165, 1.54) is 0 Å². The van der Waals surface area contributed by atoms with Gasteiger partial charge in [-0.1, -0.05) is 20.8 Å². The Morgan fingerprint density at radius 1 is 1.00 bits per heavy atom. The molecule has 0 aromatic carbocycles. The fourth-order valence-electron chi connectivity index (χ4n) is 1.07. The Hall–Kier alpha value is -1.12. The summed E-state index contributed by atoms with van der Waals surface area (Å²) in [6.07, 6.45) is 3.44. The first kappa shape index (κ1) is 12.0. The third kappa shape index (κ3) is 3.86. The first-order valence-electron chi connectivity index (χ1n) is 5.20. The SMILES string of the molecule is CC(C)(C)Oc1cncc(C(C)(C)C)n1. The maximum absolute atomic E-state index is 5.66. The summed E-state index contributed by atoms with van der Waals surface area (Å²) in [6.45, 7) is 12.3. The lowest BCUT2D eigenvalue weighted by atomic mass is 9.93. The second kappa shape index (κ2) is 3.80. The molecule has 0 bridgehead atoms. The maximum atomic E-state index is 5.66. The number of hydrogen-bond donors (Lipinski definition) is 0. The molecule has 0 N–H and O–H groups in total. The summed E-state index contributed by atoms with van der Waals surface area (Å²) >= 11 is 0. The van der Waals surface area contributed by atoms with Crippen LogP contribution in [0.2, 0.25) is 0 Å². The Balaban J connectivity index is 2.94. The van der Waals surface area contributed by atoms with Crippen LogP contribution in [0.3, 0.4) is 0 Å². The Morgan fingerprint density at radius 3 is 2.07 bits per heavy atom. The van der Waals surface area contributed by atoms with Crippen LogP contribution >= 0.6 is 0 Å². The van der Waals surface area contributed by atoms with E-state index >= 15 is 0 Å². The van der Waals surface area contributed by atoms with E-state index < -0.39 is 0 Å². The smallest absolute Gasteiger partial charge is 0.233 e. The molecule has 1 aromatic rings. The molecule has 3 nitrogen and oxygen atoms in total. The van der Waals surface area contributed by atoms with Crippen molar-refractivity contribution in [3.05, 3.63) is 18.1 Å². The fourth-order valence-corrected chi connectivity index (χ4v) is 1.07. The summed E-state index contributed by atoms with van der Waals surface area (Å²) < 4.78 is 5.66. The molecular formula is C12H20N2O. The molecule has 0 radical (unpaired) electrons. The van der Waals surface area contributed by atoms with Crippen molar-refractivity contribution < 1.29 is 4.74 Å². The highest BCUT2D eigenvalue weighted by Gasteiger charge is 2.18. The fraction of sp³-hybridized carbons (Fsp3) is 0.667. The lowest BCUT2D eigenvalue weighted by molar-refractivity contribution is 0.122. The average molecular weight is 208 g/mol. The normalized spacial score (nSPS) is 12.7. The van der Waals surface area contributed by atoms with Crippen LogP contribution in [0.4, 0.5) is 0 Å². The summed E-state index contributed by atoms with van der Waals surface area (Å²) in [4.78, 5) is 8.59. The molecule has 84 valence electrons. The monoisotopic (exact) mass is 208 g/mol. The highest BCUT2D eigenvalue weighted by molar-refractivity contribution is 5.15. The summed E-state index contributed by atoms with van der Waals surface area (Å²) in [7, 11) is 0. The number of rotatable bonds is 1. The highest BCUT2D eigenvalue weighted by Crippen LogP contribution is 2.22. The molecule has 0 atom stereocenters. The number of hydrogen-bond acceptors (Lipinski definition) is 3. The molecule has 0 aliphatic carbocycles. The Morgan fingerprint density at radius 2 is 1.60 bits per heavy atom. The molecule has 15 heavy (non-hydrogen) atoms. The van der Waals surface area contributed by atoms with Crippen LogP contribution < -0.4 is 4.74 Å². The van der Waals surface area contributed by atoms with Crippen LogP contribution in [0, 0.1) is 0 Å². The van der Waals surface area contributed by atoms with E-state index in [0.29, 0.717) is 5.88 Å². The Kier molecular flexibility index (Phi) is 3.03. The van der Waals surface area contributed by atoms with Crippen molar-refractivity contribution in [1.82, 2.24) is 9.97 Å². The Labute approximate surface area is 91.9 Å². The van der Waals surface area contributed by atoms with Gasteiger partial charge in [-0.25, -0.2) is 4.98 Å². The van der Waals surface area contributed by atoms with Crippen LogP contribution in [0.25, 0.3) is 0 Å². The first-order chi connectivity index (χ1) is 6.68. The third-order valence-electron chi connectivity index (χ3n) is 1.79. The zero-order valence-corrected chi connectivity index (χ0v) is 10.5. The second-order valence-electron chi connectivity index (χ2n) is 5.71. The first-order valence-corrected chi connectivity index (χ1v) is 5.20. The van der Waals surface area contributed by atoms with E-state index in [1.54, 1.807) is 12.4 Å². The van der Waals surface area contributed by atoms with Gasteiger partial charge in [-0.15, -0.1) is 0 Å². The van der Waals surface area contributed by atoms with Crippen molar-refractivity contribution in [3.8, 4) is 5.88 Å². The lowest BCUT2D eigenvalue weighted by Crippen LogP contribution is -2.24. The molecule has 3 heteroatoms. The average Bonchev–Trinajstić information content (AvgIpc) is 1.99. The van der Waals surface area contributed by atoms with Crippen LogP contribution in [-0.4, -0.2) is 15.6 Å². The summed E-state index contributed by atoms with van der Waals surface area (Å²) in [5, 5.41) is 0. The molecule has 0 amide bonds. The molecule has 0 aliphatic heterocycles. The molecular weight excluding hydrogens is 188 g/mol. The van der Waals surface area contributed by atoms with E-state index in [0.717, 1.165) is 5.69 Å². The minimum Gasteiger partial charge on any atom is -0.471 e. The summed E-state index contributed by atoms with van der Waals surface area (Å²) in [5.41, 5.74) is 0.722. The Bertz CT molecular complexity index is 334. The predicted molar refractivity (Wildman–Crippen MR) is 61.1 cm³/mol. The van der Waals surface area contributed by atoms with Crippen LogP contribution in [0.1, 0.15) is 47.2 Å². The summed E-state index contributed by atoms with van der Waals surface area (Å²) in [6, 6.07) is 0. The van der Waals surface area contributed by atoms with Gasteiger partial charge in [0, 0.05) is 11.6 Å². The molecule has 0 spiro atoms. The predicted octanol–water partition coefficient (Wildman–Crippen LogP) is 2.95. The molecule has 1 rings (SSSR count). The topological polar surface area (TPSA) is 35.0 Å². The van der Waals surface area contributed by atoms with Gasteiger partial charge in [-0.05, 0) is 20.8 Å². The van der Waals surface area contributed by atoms with Crippen molar-refractivity contribution >= 4 is 0 Å². The van der Waals surface area contributed by atoms with Crippen molar-refractivity contribution in [2.75, 3.05) is 0 Å². The molecule has 1 aromatic heterocycles. The van der Waals surface area contributed by atoms with Crippen LogP contribution in [-0.2, 0) is 5.41 Å². The zero-order chi connectivity index (χ0) is 11.7. The van der Waals surface area contributed by atoms with Crippen LogP contribution in [0.15, 0.2) is 12.4 Å². The van der Waals surface area contributed by atoms with E-state index in [1.807, 2.05) is 20.8 Å². The van der Waals surface area contributed by atoms with Crippen molar-refractivity contribution in [1.29, 1.82) is 0 Å². The highest BCUT2D eigenvalue weighted by atomic mass is 16.5. The largest absolute Gasteiger partial charge is 0.471 e. The lowest BCUT2D eigenvalue weighted by Gasteiger charge is -2.22. The van der Waals surface area contributed by atoms with Crippen molar-refractivity contribution in [2.45, 2.75) is 52.6 Å². The van der Waals surface area contributed by atoms with Crippen molar-refractivity contribution in [3.63, 3.8) is 0 Å². The maximum Gasteiger partial charge on any atom is 0.233 e. The quantitative estimate of drug-likeness (QED) is 0.711. The minimum atomic E-state index is -0.231. The number of nitrogens with zero attached hydrogens (tertiary/aromatic N) is 2. The van der Waals surface area contributed by atoms with Gasteiger partial charge in [0.1, 0.15) is 5.60 Å². The molecule has 0 saturated heterocycles. The minimum absolute atomic E-state index is 0.00422. The van der Waals surface area contributed by atoms with Crippen molar-refractivity contribution in [2.24, 2.45) is 0 Å². The molecule has 0 saturated carbocycles. The van der Waals surface area contributed by atoms with Gasteiger partial charge in [-0.2, -0.15) is 0 Å². The van der Waals surface area contributed by atoms with E-state index in [9.17, 15) is 0 Å². The standard InChI is InChI=1S/C12H20N2O/c1-11(2,3)9-7-13-8-10(14-9)15-12(4,5)6/h7-8H,1-6H3. The molecule has 1 heterocycles. The van der Waals surface area contributed by atoms with Gasteiger partial charge in [0.25, 0.3) is 0 Å². The van der Waals surface area contributed by atoms with Gasteiger partial charge >= 0.3 is 0 Å². The molecule has 0 aliphatic rings. The van der Waals surface area contributed by atoms with Gasteiger partial charge in [0.15, 0.2) is 0 Å². The van der Waals surface area contributed by atoms with Gasteiger partial charge in [0.05, 0.1) is 11.9 Å². The zero-order valence-electron chi connectivity index (χ0n) is 10.5. The second-order valence-corrected chi connectivity index (χ2v) is 5.71. The van der Waals surface area contributed by atoms with E-state index in [2.05, 4.69) is 30.7 Å². The van der Waals surface area contributed by atoms with Gasteiger partial charge in [0.2, 0.25) is 5.88 Å². The number of ether oxygens (including phenoxy) is 1. The third-order valence-corrected chi connectivity index (χ3v) is 1.79. The molecule has 0 fully saturated rings. The van der Waals surface area contributed by atoms with E-state index in [-0.39, 0.29) is 11.0 Å².